The highest BCUT2D eigenvalue weighted by Gasteiger charge is 2.25. The van der Waals surface area contributed by atoms with Gasteiger partial charge in [-0.15, -0.1) is 0 Å². The number of hydrogen-bond acceptors (Lipinski definition) is 5. The summed E-state index contributed by atoms with van der Waals surface area (Å²) in [6.45, 7) is 2.82. The molecule has 1 fully saturated rings. The van der Waals surface area contributed by atoms with E-state index in [-0.39, 0.29) is 24.7 Å². The van der Waals surface area contributed by atoms with E-state index >= 15 is 0 Å². The second-order valence-electron chi connectivity index (χ2n) is 4.89. The molecular weight excluding hydrogens is 246 g/mol. The smallest absolute Gasteiger partial charge is 0.262 e. The number of fused-ring (bicyclic) bond motifs is 1. The molecule has 2 aliphatic heterocycles. The van der Waals surface area contributed by atoms with Crippen LogP contribution in [0.25, 0.3) is 0 Å². The SMILES string of the molecule is CC1OCCC1Nc1cc2c(cc1N)OCC(=O)N2. The fraction of sp³-hybridized carbons (Fsp3) is 0.462. The lowest BCUT2D eigenvalue weighted by Gasteiger charge is -2.23. The molecule has 0 aromatic heterocycles. The minimum absolute atomic E-state index is 0.0344. The van der Waals surface area contributed by atoms with Crippen molar-refractivity contribution in [2.45, 2.75) is 25.5 Å². The number of benzene rings is 1. The number of amides is 1. The molecule has 102 valence electrons. The zero-order chi connectivity index (χ0) is 13.4. The van der Waals surface area contributed by atoms with Crippen LogP contribution >= 0.6 is 0 Å². The highest BCUT2D eigenvalue weighted by atomic mass is 16.5. The Kier molecular flexibility index (Phi) is 2.94. The predicted molar refractivity (Wildman–Crippen MR) is 72.4 cm³/mol. The largest absolute Gasteiger partial charge is 0.482 e. The lowest BCUT2D eigenvalue weighted by atomic mass is 10.1. The van der Waals surface area contributed by atoms with Crippen molar-refractivity contribution >= 4 is 23.0 Å². The van der Waals surface area contributed by atoms with Crippen molar-refractivity contribution in [2.24, 2.45) is 0 Å². The lowest BCUT2D eigenvalue weighted by molar-refractivity contribution is -0.118. The number of ether oxygens (including phenoxy) is 2. The summed E-state index contributed by atoms with van der Waals surface area (Å²) in [5.74, 6) is 0.458. The maximum Gasteiger partial charge on any atom is 0.262 e. The number of hydrogen-bond donors (Lipinski definition) is 3. The third-order valence-electron chi connectivity index (χ3n) is 3.50. The molecule has 1 saturated heterocycles. The van der Waals surface area contributed by atoms with E-state index in [0.29, 0.717) is 17.1 Å². The van der Waals surface area contributed by atoms with Gasteiger partial charge in [0.25, 0.3) is 5.91 Å². The summed E-state index contributed by atoms with van der Waals surface area (Å²) in [4.78, 5) is 11.3. The average molecular weight is 263 g/mol. The molecule has 0 radical (unpaired) electrons. The molecule has 4 N–H and O–H groups in total. The van der Waals surface area contributed by atoms with Crippen LogP contribution in [-0.2, 0) is 9.53 Å². The van der Waals surface area contributed by atoms with E-state index in [1.807, 2.05) is 13.0 Å². The summed E-state index contributed by atoms with van der Waals surface area (Å²) < 4.78 is 10.8. The predicted octanol–water partition coefficient (Wildman–Crippen LogP) is 1.19. The van der Waals surface area contributed by atoms with Gasteiger partial charge in [-0.3, -0.25) is 4.79 Å². The molecule has 6 nitrogen and oxygen atoms in total. The first-order valence-electron chi connectivity index (χ1n) is 6.38. The molecule has 0 saturated carbocycles. The topological polar surface area (TPSA) is 85.6 Å². The van der Waals surface area contributed by atoms with E-state index in [0.717, 1.165) is 18.7 Å². The average Bonchev–Trinajstić information content (AvgIpc) is 2.77. The highest BCUT2D eigenvalue weighted by molar-refractivity contribution is 5.97. The van der Waals surface area contributed by atoms with Gasteiger partial charge in [0.1, 0.15) is 5.75 Å². The van der Waals surface area contributed by atoms with Gasteiger partial charge in [0, 0.05) is 12.7 Å². The maximum atomic E-state index is 11.3. The number of anilines is 3. The Morgan fingerprint density at radius 2 is 2.32 bits per heavy atom. The quantitative estimate of drug-likeness (QED) is 0.698. The number of carbonyl (C=O) groups is 1. The third-order valence-corrected chi connectivity index (χ3v) is 3.50. The molecule has 0 bridgehead atoms. The normalized spacial score (nSPS) is 25.4. The minimum atomic E-state index is -0.152. The summed E-state index contributed by atoms with van der Waals surface area (Å²) in [7, 11) is 0. The minimum Gasteiger partial charge on any atom is -0.482 e. The first-order chi connectivity index (χ1) is 9.13. The van der Waals surface area contributed by atoms with E-state index in [2.05, 4.69) is 10.6 Å². The van der Waals surface area contributed by atoms with Gasteiger partial charge in [-0.2, -0.15) is 0 Å². The third kappa shape index (κ3) is 2.31. The molecular formula is C13H17N3O3. The van der Waals surface area contributed by atoms with Crippen molar-refractivity contribution < 1.29 is 14.3 Å². The van der Waals surface area contributed by atoms with E-state index in [9.17, 15) is 4.79 Å². The monoisotopic (exact) mass is 263 g/mol. The first kappa shape index (κ1) is 12.1. The Bertz CT molecular complexity index is 518. The summed E-state index contributed by atoms with van der Waals surface area (Å²) >= 11 is 0. The standard InChI is InChI=1S/C13H17N3O3/c1-7-9(2-3-18-7)15-10-5-11-12(4-8(10)14)19-6-13(17)16-11/h4-5,7,9,15H,2-3,6,14H2,1H3,(H,16,17). The van der Waals surface area contributed by atoms with E-state index < -0.39 is 0 Å². The molecule has 1 amide bonds. The van der Waals surface area contributed by atoms with Crippen LogP contribution in [0.5, 0.6) is 5.75 Å². The number of nitrogens with two attached hydrogens (primary N) is 1. The molecule has 2 atom stereocenters. The van der Waals surface area contributed by atoms with Crippen LogP contribution in [0, 0.1) is 0 Å². The molecule has 2 aliphatic rings. The van der Waals surface area contributed by atoms with Crippen LogP contribution in [0.3, 0.4) is 0 Å². The van der Waals surface area contributed by atoms with Gasteiger partial charge >= 0.3 is 0 Å². The summed E-state index contributed by atoms with van der Waals surface area (Å²) in [6, 6.07) is 3.78. The van der Waals surface area contributed by atoms with Crippen LogP contribution in [0.1, 0.15) is 13.3 Å². The Balaban J connectivity index is 1.85. The van der Waals surface area contributed by atoms with Gasteiger partial charge < -0.3 is 25.8 Å². The van der Waals surface area contributed by atoms with Crippen molar-refractivity contribution in [3.63, 3.8) is 0 Å². The Hall–Kier alpha value is -1.95. The molecule has 1 aromatic carbocycles. The van der Waals surface area contributed by atoms with Crippen LogP contribution in [0.4, 0.5) is 17.1 Å². The van der Waals surface area contributed by atoms with Crippen molar-refractivity contribution in [1.82, 2.24) is 0 Å². The highest BCUT2D eigenvalue weighted by Crippen LogP contribution is 2.36. The molecule has 2 unspecified atom stereocenters. The molecule has 1 aromatic rings. The van der Waals surface area contributed by atoms with Crippen molar-refractivity contribution in [1.29, 1.82) is 0 Å². The molecule has 0 aliphatic carbocycles. The number of carbonyl (C=O) groups excluding carboxylic acids is 1. The molecule has 19 heavy (non-hydrogen) atoms. The van der Waals surface area contributed by atoms with Gasteiger partial charge in [-0.25, -0.2) is 0 Å². The molecule has 3 rings (SSSR count). The second kappa shape index (κ2) is 4.62. The van der Waals surface area contributed by atoms with Crippen LogP contribution in [0.15, 0.2) is 12.1 Å². The molecule has 6 heteroatoms. The van der Waals surface area contributed by atoms with Gasteiger partial charge in [-0.1, -0.05) is 0 Å². The van der Waals surface area contributed by atoms with Crippen molar-refractivity contribution in [2.75, 3.05) is 29.6 Å². The van der Waals surface area contributed by atoms with Gasteiger partial charge in [0.15, 0.2) is 6.61 Å². The number of nitrogens with one attached hydrogen (secondary N) is 2. The maximum absolute atomic E-state index is 11.3. The number of rotatable bonds is 2. The fourth-order valence-electron chi connectivity index (χ4n) is 2.39. The first-order valence-corrected chi connectivity index (χ1v) is 6.38. The fourth-order valence-corrected chi connectivity index (χ4v) is 2.39. The second-order valence-corrected chi connectivity index (χ2v) is 4.89. The van der Waals surface area contributed by atoms with Crippen LogP contribution < -0.4 is 21.1 Å². The molecule has 0 spiro atoms. The Morgan fingerprint density at radius 1 is 1.47 bits per heavy atom. The Morgan fingerprint density at radius 3 is 3.05 bits per heavy atom. The van der Waals surface area contributed by atoms with E-state index in [4.69, 9.17) is 15.2 Å². The van der Waals surface area contributed by atoms with Crippen LogP contribution in [-0.4, -0.2) is 31.3 Å². The van der Waals surface area contributed by atoms with Crippen molar-refractivity contribution in [3.05, 3.63) is 12.1 Å². The summed E-state index contributed by atoms with van der Waals surface area (Å²) in [6.07, 6.45) is 1.10. The van der Waals surface area contributed by atoms with Gasteiger partial charge in [-0.05, 0) is 19.4 Å². The zero-order valence-corrected chi connectivity index (χ0v) is 10.7. The van der Waals surface area contributed by atoms with Gasteiger partial charge in [0.05, 0.1) is 29.2 Å². The summed E-state index contributed by atoms with van der Waals surface area (Å²) in [5, 5.41) is 6.14. The molecule has 2 heterocycles. The number of nitrogen functional groups attached to an aromatic ring is 1. The zero-order valence-electron chi connectivity index (χ0n) is 10.7. The van der Waals surface area contributed by atoms with Gasteiger partial charge in [0.2, 0.25) is 0 Å². The van der Waals surface area contributed by atoms with Crippen molar-refractivity contribution in [3.8, 4) is 5.75 Å². The van der Waals surface area contributed by atoms with E-state index in [1.165, 1.54) is 0 Å². The summed E-state index contributed by atoms with van der Waals surface area (Å²) in [5.41, 5.74) is 8.06. The Labute approximate surface area is 111 Å². The van der Waals surface area contributed by atoms with Crippen LogP contribution in [0.2, 0.25) is 0 Å². The lowest BCUT2D eigenvalue weighted by Crippen LogP contribution is -2.28. The van der Waals surface area contributed by atoms with E-state index in [1.54, 1.807) is 6.07 Å².